The van der Waals surface area contributed by atoms with Gasteiger partial charge in [0.05, 0.1) is 12.1 Å². The van der Waals surface area contributed by atoms with Gasteiger partial charge in [-0.3, -0.25) is 0 Å². The van der Waals surface area contributed by atoms with Gasteiger partial charge in [-0.2, -0.15) is 26.3 Å². The fourth-order valence-electron chi connectivity index (χ4n) is 2.03. The highest BCUT2D eigenvalue weighted by Crippen LogP contribution is 2.32. The van der Waals surface area contributed by atoms with E-state index in [4.69, 9.17) is 0 Å². The van der Waals surface area contributed by atoms with Crippen LogP contribution in [-0.2, 0) is 17.5 Å². The van der Waals surface area contributed by atoms with Crippen molar-refractivity contribution in [3.63, 3.8) is 0 Å². The molecular formula is C16H21F7IN3O. The zero-order chi connectivity index (χ0) is 20.5. The number of ether oxygens (including phenoxy) is 1. The first-order valence-corrected chi connectivity index (χ1v) is 8.05. The van der Waals surface area contributed by atoms with E-state index in [2.05, 4.69) is 20.4 Å². The van der Waals surface area contributed by atoms with E-state index in [1.54, 1.807) is 6.92 Å². The summed E-state index contributed by atoms with van der Waals surface area (Å²) >= 11 is 0. The van der Waals surface area contributed by atoms with Crippen LogP contribution in [0.25, 0.3) is 0 Å². The number of hydrogen-bond acceptors (Lipinski definition) is 2. The molecule has 0 saturated carbocycles. The Morgan fingerprint density at radius 1 is 1.11 bits per heavy atom. The second-order valence-corrected chi connectivity index (χ2v) is 5.44. The summed E-state index contributed by atoms with van der Waals surface area (Å²) < 4.78 is 92.2. The number of hydrogen-bond donors (Lipinski definition) is 2. The molecule has 0 radical (unpaired) electrons. The Hall–Kier alpha value is -1.31. The van der Waals surface area contributed by atoms with E-state index in [-0.39, 0.29) is 61.6 Å². The molecule has 0 atom stereocenters. The fourth-order valence-corrected chi connectivity index (χ4v) is 2.03. The van der Waals surface area contributed by atoms with Crippen LogP contribution in [0.2, 0.25) is 0 Å². The van der Waals surface area contributed by atoms with Crippen molar-refractivity contribution in [1.82, 2.24) is 10.6 Å². The normalized spacial score (nSPS) is 12.5. The molecule has 28 heavy (non-hydrogen) atoms. The molecule has 0 fully saturated rings. The number of nitrogens with one attached hydrogen (secondary N) is 2. The van der Waals surface area contributed by atoms with E-state index in [0.717, 1.165) is 12.1 Å². The minimum atomic E-state index is -4.71. The van der Waals surface area contributed by atoms with Crippen LogP contribution in [0.15, 0.2) is 23.2 Å². The molecule has 4 nitrogen and oxygen atoms in total. The van der Waals surface area contributed by atoms with Crippen LogP contribution in [0.4, 0.5) is 30.7 Å². The van der Waals surface area contributed by atoms with Crippen molar-refractivity contribution in [2.24, 2.45) is 4.99 Å². The Labute approximate surface area is 174 Å². The summed E-state index contributed by atoms with van der Waals surface area (Å²) in [4.78, 5) is 4.00. The topological polar surface area (TPSA) is 45.7 Å². The molecule has 0 heterocycles. The van der Waals surface area contributed by atoms with Crippen LogP contribution in [-0.4, -0.2) is 38.4 Å². The molecule has 1 rings (SSSR count). The van der Waals surface area contributed by atoms with Crippen molar-refractivity contribution in [3.8, 4) is 0 Å². The average molecular weight is 531 g/mol. The zero-order valence-electron chi connectivity index (χ0n) is 14.9. The lowest BCUT2D eigenvalue weighted by Crippen LogP contribution is -2.38. The molecule has 0 unspecified atom stereocenters. The summed E-state index contributed by atoms with van der Waals surface area (Å²) in [5.74, 6) is -0.815. The molecular weight excluding hydrogens is 510 g/mol. The Kier molecular flexibility index (Phi) is 11.7. The summed E-state index contributed by atoms with van der Waals surface area (Å²) in [6.45, 7) is 0.539. The largest absolute Gasteiger partial charge is 0.416 e. The first-order valence-electron chi connectivity index (χ1n) is 8.05. The average Bonchev–Trinajstić information content (AvgIpc) is 2.54. The van der Waals surface area contributed by atoms with Gasteiger partial charge in [0.15, 0.2) is 5.96 Å². The SMILES string of the molecule is CCNC(=NCc1ccc(F)cc1C(F)(F)F)NCCCOCC(F)(F)F.I. The van der Waals surface area contributed by atoms with Gasteiger partial charge in [0.2, 0.25) is 0 Å². The molecule has 0 amide bonds. The summed E-state index contributed by atoms with van der Waals surface area (Å²) in [6, 6.07) is 2.33. The number of halogens is 8. The molecule has 0 bridgehead atoms. The highest BCUT2D eigenvalue weighted by molar-refractivity contribution is 14.0. The smallest absolute Gasteiger partial charge is 0.372 e. The molecule has 162 valence electrons. The highest BCUT2D eigenvalue weighted by atomic mass is 127. The number of rotatable bonds is 8. The quantitative estimate of drug-likeness (QED) is 0.171. The van der Waals surface area contributed by atoms with Crippen molar-refractivity contribution in [3.05, 3.63) is 35.1 Å². The minimum absolute atomic E-state index is 0. The van der Waals surface area contributed by atoms with Crippen molar-refractivity contribution >= 4 is 29.9 Å². The first kappa shape index (κ1) is 26.7. The van der Waals surface area contributed by atoms with Gasteiger partial charge in [-0.1, -0.05) is 6.07 Å². The zero-order valence-corrected chi connectivity index (χ0v) is 17.2. The van der Waals surface area contributed by atoms with Gasteiger partial charge in [-0.05, 0) is 31.0 Å². The maximum atomic E-state index is 13.1. The summed E-state index contributed by atoms with van der Waals surface area (Å²) in [7, 11) is 0. The van der Waals surface area contributed by atoms with Crippen LogP contribution in [0, 0.1) is 5.82 Å². The summed E-state index contributed by atoms with van der Waals surface area (Å²) in [5.41, 5.74) is -1.31. The highest BCUT2D eigenvalue weighted by Gasteiger charge is 2.33. The monoisotopic (exact) mass is 531 g/mol. The van der Waals surface area contributed by atoms with Crippen LogP contribution in [0.5, 0.6) is 0 Å². The molecule has 0 aliphatic rings. The van der Waals surface area contributed by atoms with E-state index >= 15 is 0 Å². The van der Waals surface area contributed by atoms with Gasteiger partial charge in [-0.25, -0.2) is 9.38 Å². The second kappa shape index (κ2) is 12.3. The molecule has 1 aromatic carbocycles. The van der Waals surface area contributed by atoms with Gasteiger partial charge < -0.3 is 15.4 Å². The van der Waals surface area contributed by atoms with Crippen LogP contribution >= 0.6 is 24.0 Å². The number of benzene rings is 1. The van der Waals surface area contributed by atoms with E-state index in [1.165, 1.54) is 0 Å². The molecule has 2 N–H and O–H groups in total. The van der Waals surface area contributed by atoms with Crippen LogP contribution < -0.4 is 10.6 Å². The van der Waals surface area contributed by atoms with E-state index in [9.17, 15) is 30.7 Å². The third kappa shape index (κ3) is 10.9. The Bertz CT molecular complexity index is 621. The summed E-state index contributed by atoms with van der Waals surface area (Å²) in [5, 5.41) is 5.58. The van der Waals surface area contributed by atoms with Gasteiger partial charge in [0, 0.05) is 19.7 Å². The third-order valence-electron chi connectivity index (χ3n) is 3.15. The van der Waals surface area contributed by atoms with Crippen LogP contribution in [0.3, 0.4) is 0 Å². The number of guanidine groups is 1. The van der Waals surface area contributed by atoms with Gasteiger partial charge in [0.25, 0.3) is 0 Å². The maximum Gasteiger partial charge on any atom is 0.416 e. The number of aliphatic imine (C=N–C) groups is 1. The summed E-state index contributed by atoms with van der Waals surface area (Å²) in [6.07, 6.45) is -8.87. The van der Waals surface area contributed by atoms with Gasteiger partial charge >= 0.3 is 12.4 Å². The molecule has 0 aliphatic heterocycles. The minimum Gasteiger partial charge on any atom is -0.372 e. The van der Waals surface area contributed by atoms with E-state index in [1.807, 2.05) is 0 Å². The van der Waals surface area contributed by atoms with E-state index < -0.39 is 30.3 Å². The molecule has 0 saturated heterocycles. The van der Waals surface area contributed by atoms with Gasteiger partial charge in [-0.15, -0.1) is 24.0 Å². The molecule has 0 spiro atoms. The maximum absolute atomic E-state index is 13.1. The van der Waals surface area contributed by atoms with Crippen molar-refractivity contribution in [1.29, 1.82) is 0 Å². The van der Waals surface area contributed by atoms with Crippen LogP contribution in [0.1, 0.15) is 24.5 Å². The number of nitrogens with zero attached hydrogens (tertiary/aromatic N) is 1. The lowest BCUT2D eigenvalue weighted by molar-refractivity contribution is -0.173. The van der Waals surface area contributed by atoms with Crippen molar-refractivity contribution in [2.45, 2.75) is 32.2 Å². The lowest BCUT2D eigenvalue weighted by Gasteiger charge is -2.14. The van der Waals surface area contributed by atoms with Crippen molar-refractivity contribution in [2.75, 3.05) is 26.3 Å². The number of alkyl halides is 6. The fraction of sp³-hybridized carbons (Fsp3) is 0.562. The molecule has 0 aliphatic carbocycles. The first-order chi connectivity index (χ1) is 12.5. The predicted molar refractivity (Wildman–Crippen MR) is 101 cm³/mol. The lowest BCUT2D eigenvalue weighted by atomic mass is 10.1. The predicted octanol–water partition coefficient (Wildman–Crippen LogP) is 4.49. The van der Waals surface area contributed by atoms with E-state index in [0.29, 0.717) is 12.6 Å². The Morgan fingerprint density at radius 2 is 1.79 bits per heavy atom. The standard InChI is InChI=1S/C16H20F7N3O.HI/c1-2-24-14(25-6-3-7-27-10-15(18,19)20)26-9-11-4-5-12(17)8-13(11)16(21,22)23;/h4-5,8H,2-3,6-7,9-10H2,1H3,(H2,24,25,26);1H. The Morgan fingerprint density at radius 3 is 2.36 bits per heavy atom. The second-order valence-electron chi connectivity index (χ2n) is 5.44. The molecule has 1 aromatic rings. The molecule has 12 heteroatoms. The third-order valence-corrected chi connectivity index (χ3v) is 3.15. The molecule has 0 aromatic heterocycles. The van der Waals surface area contributed by atoms with Gasteiger partial charge in [0.1, 0.15) is 12.4 Å². The van der Waals surface area contributed by atoms with Crippen molar-refractivity contribution < 1.29 is 35.5 Å². The Balaban J connectivity index is 0.00000729.